The average Bonchev–Trinajstić information content (AvgIpc) is 2.53. The molecule has 4 nitrogen and oxygen atoms in total. The molecule has 2 rings (SSSR count). The molecular formula is C16H20F3N3O. The molecule has 0 radical (unpaired) electrons. The van der Waals surface area contributed by atoms with E-state index >= 15 is 0 Å². The molecule has 1 saturated heterocycles. The molecule has 23 heavy (non-hydrogen) atoms. The monoisotopic (exact) mass is 327 g/mol. The van der Waals surface area contributed by atoms with Gasteiger partial charge in [-0.05, 0) is 24.3 Å². The first-order valence-corrected chi connectivity index (χ1v) is 7.42. The predicted molar refractivity (Wildman–Crippen MR) is 83.3 cm³/mol. The lowest BCUT2D eigenvalue weighted by Crippen LogP contribution is -2.49. The zero-order valence-electron chi connectivity index (χ0n) is 12.8. The summed E-state index contributed by atoms with van der Waals surface area (Å²) in [5.74, 6) is -0.0483. The van der Waals surface area contributed by atoms with Crippen molar-refractivity contribution >= 4 is 11.6 Å². The molecule has 0 unspecified atom stereocenters. The Morgan fingerprint density at radius 2 is 1.78 bits per heavy atom. The summed E-state index contributed by atoms with van der Waals surface area (Å²) in [6, 6.07) is 5.19. The fourth-order valence-electron chi connectivity index (χ4n) is 2.47. The molecule has 0 saturated carbocycles. The third-order valence-electron chi connectivity index (χ3n) is 3.74. The number of amides is 1. The molecule has 1 aliphatic rings. The van der Waals surface area contributed by atoms with Crippen molar-refractivity contribution in [3.8, 4) is 0 Å². The van der Waals surface area contributed by atoms with Crippen LogP contribution in [0, 0.1) is 0 Å². The van der Waals surface area contributed by atoms with Gasteiger partial charge >= 0.3 is 6.18 Å². The summed E-state index contributed by atoms with van der Waals surface area (Å²) < 4.78 is 37.7. The van der Waals surface area contributed by atoms with Gasteiger partial charge in [0.05, 0.1) is 12.1 Å². The minimum absolute atomic E-state index is 0.0483. The van der Waals surface area contributed by atoms with Crippen molar-refractivity contribution in [3.05, 3.63) is 42.5 Å². The molecule has 1 heterocycles. The van der Waals surface area contributed by atoms with Crippen molar-refractivity contribution in [3.63, 3.8) is 0 Å². The Labute approximate surface area is 133 Å². The first-order valence-electron chi connectivity index (χ1n) is 7.42. The van der Waals surface area contributed by atoms with Gasteiger partial charge in [0.1, 0.15) is 0 Å². The Morgan fingerprint density at radius 3 is 2.30 bits per heavy atom. The highest BCUT2D eigenvalue weighted by Gasteiger charge is 2.30. The topological polar surface area (TPSA) is 35.6 Å². The number of carbonyl (C=O) groups excluding carboxylic acids is 1. The van der Waals surface area contributed by atoms with Crippen LogP contribution in [0.15, 0.2) is 36.9 Å². The number of hydrogen-bond donors (Lipinski definition) is 1. The van der Waals surface area contributed by atoms with Gasteiger partial charge in [-0.25, -0.2) is 0 Å². The zero-order chi connectivity index (χ0) is 16.9. The van der Waals surface area contributed by atoms with Crippen LogP contribution in [0.25, 0.3) is 0 Å². The molecule has 0 aliphatic carbocycles. The number of nitrogens with zero attached hydrogens (tertiary/aromatic N) is 2. The predicted octanol–water partition coefficient (Wildman–Crippen LogP) is 2.13. The van der Waals surface area contributed by atoms with E-state index in [0.717, 1.165) is 17.8 Å². The first kappa shape index (κ1) is 17.3. The Bertz CT molecular complexity index is 534. The number of benzene rings is 1. The molecule has 1 fully saturated rings. The van der Waals surface area contributed by atoms with E-state index in [-0.39, 0.29) is 5.91 Å². The van der Waals surface area contributed by atoms with Crippen molar-refractivity contribution in [2.75, 3.05) is 44.2 Å². The molecule has 1 aliphatic heterocycles. The Balaban J connectivity index is 1.84. The summed E-state index contributed by atoms with van der Waals surface area (Å²) >= 11 is 0. The summed E-state index contributed by atoms with van der Waals surface area (Å²) in [4.78, 5) is 15.7. The van der Waals surface area contributed by atoms with E-state index in [4.69, 9.17) is 0 Å². The van der Waals surface area contributed by atoms with Gasteiger partial charge in [0.15, 0.2) is 0 Å². The maximum atomic E-state index is 12.6. The molecule has 0 bridgehead atoms. The van der Waals surface area contributed by atoms with Crippen LogP contribution in [0.1, 0.15) is 5.56 Å². The third kappa shape index (κ3) is 4.99. The highest BCUT2D eigenvalue weighted by Crippen LogP contribution is 2.30. The number of alkyl halides is 3. The number of halogens is 3. The minimum atomic E-state index is -4.31. The maximum Gasteiger partial charge on any atom is 0.416 e. The van der Waals surface area contributed by atoms with Crippen molar-refractivity contribution in [2.24, 2.45) is 0 Å². The second-order valence-corrected chi connectivity index (χ2v) is 5.40. The molecule has 126 valence electrons. The van der Waals surface area contributed by atoms with Crippen LogP contribution in [-0.4, -0.2) is 50.1 Å². The summed E-state index contributed by atoms with van der Waals surface area (Å²) in [7, 11) is 0. The van der Waals surface area contributed by atoms with Crippen LogP contribution in [0.2, 0.25) is 0 Å². The molecule has 1 amide bonds. The van der Waals surface area contributed by atoms with Gasteiger partial charge < -0.3 is 10.2 Å². The molecule has 7 heteroatoms. The molecule has 0 atom stereocenters. The van der Waals surface area contributed by atoms with E-state index in [0.29, 0.717) is 39.3 Å². The van der Waals surface area contributed by atoms with Crippen LogP contribution >= 0.6 is 0 Å². The summed E-state index contributed by atoms with van der Waals surface area (Å²) in [5, 5.41) is 2.72. The quantitative estimate of drug-likeness (QED) is 0.842. The van der Waals surface area contributed by atoms with Gasteiger partial charge in [0.2, 0.25) is 5.91 Å². The Hall–Kier alpha value is -2.02. The summed E-state index contributed by atoms with van der Waals surface area (Å²) in [5.41, 5.74) is 0.132. The third-order valence-corrected chi connectivity index (χ3v) is 3.74. The number of anilines is 1. The number of carbonyl (C=O) groups is 1. The Morgan fingerprint density at radius 1 is 1.17 bits per heavy atom. The van der Waals surface area contributed by atoms with Crippen LogP contribution in [0.5, 0.6) is 0 Å². The van der Waals surface area contributed by atoms with Gasteiger partial charge in [0, 0.05) is 38.4 Å². The van der Waals surface area contributed by atoms with Crippen molar-refractivity contribution < 1.29 is 18.0 Å². The first-order chi connectivity index (χ1) is 10.9. The van der Waals surface area contributed by atoms with Gasteiger partial charge in [0.25, 0.3) is 0 Å². The fourth-order valence-corrected chi connectivity index (χ4v) is 2.47. The van der Waals surface area contributed by atoms with E-state index in [1.807, 2.05) is 9.80 Å². The highest BCUT2D eigenvalue weighted by molar-refractivity contribution is 5.78. The highest BCUT2D eigenvalue weighted by atomic mass is 19.4. The second-order valence-electron chi connectivity index (χ2n) is 5.40. The number of hydrogen-bond acceptors (Lipinski definition) is 3. The summed E-state index contributed by atoms with van der Waals surface area (Å²) in [6.45, 7) is 7.07. The standard InChI is InChI=1S/C16H20F3N3O/c1-2-7-20-15(23)12-21-8-10-22(11-9-21)14-5-3-13(4-6-14)16(17,18)19/h2-6H,1,7-12H2,(H,20,23). The fraction of sp³-hybridized carbons (Fsp3) is 0.438. The maximum absolute atomic E-state index is 12.6. The van der Waals surface area contributed by atoms with Crippen molar-refractivity contribution in [1.29, 1.82) is 0 Å². The lowest BCUT2D eigenvalue weighted by atomic mass is 10.1. The van der Waals surface area contributed by atoms with E-state index < -0.39 is 11.7 Å². The van der Waals surface area contributed by atoms with Crippen LogP contribution < -0.4 is 10.2 Å². The van der Waals surface area contributed by atoms with Crippen molar-refractivity contribution in [1.82, 2.24) is 10.2 Å². The minimum Gasteiger partial charge on any atom is -0.369 e. The SMILES string of the molecule is C=CCNC(=O)CN1CCN(c2ccc(C(F)(F)F)cc2)CC1. The molecule has 1 aromatic rings. The van der Waals surface area contributed by atoms with Crippen LogP contribution in [-0.2, 0) is 11.0 Å². The number of rotatable bonds is 5. The smallest absolute Gasteiger partial charge is 0.369 e. The van der Waals surface area contributed by atoms with Crippen LogP contribution in [0.3, 0.4) is 0 Å². The van der Waals surface area contributed by atoms with Gasteiger partial charge in [-0.15, -0.1) is 6.58 Å². The summed E-state index contributed by atoms with van der Waals surface area (Å²) in [6.07, 6.45) is -2.68. The Kier molecular flexibility index (Phi) is 5.65. The van der Waals surface area contributed by atoms with Gasteiger partial charge in [-0.3, -0.25) is 9.69 Å². The number of piperazine rings is 1. The largest absolute Gasteiger partial charge is 0.416 e. The van der Waals surface area contributed by atoms with E-state index in [9.17, 15) is 18.0 Å². The van der Waals surface area contributed by atoms with E-state index in [1.165, 1.54) is 12.1 Å². The second kappa shape index (κ2) is 7.50. The molecule has 0 aromatic heterocycles. The molecule has 1 N–H and O–H groups in total. The van der Waals surface area contributed by atoms with Gasteiger partial charge in [-0.1, -0.05) is 6.08 Å². The van der Waals surface area contributed by atoms with Crippen molar-refractivity contribution in [2.45, 2.75) is 6.18 Å². The average molecular weight is 327 g/mol. The molecular weight excluding hydrogens is 307 g/mol. The number of nitrogens with one attached hydrogen (secondary N) is 1. The van der Waals surface area contributed by atoms with Gasteiger partial charge in [-0.2, -0.15) is 13.2 Å². The lowest BCUT2D eigenvalue weighted by Gasteiger charge is -2.35. The molecule has 0 spiro atoms. The lowest BCUT2D eigenvalue weighted by molar-refractivity contribution is -0.137. The molecule has 1 aromatic carbocycles. The normalized spacial score (nSPS) is 16.2. The van der Waals surface area contributed by atoms with Crippen LogP contribution in [0.4, 0.5) is 18.9 Å². The zero-order valence-corrected chi connectivity index (χ0v) is 12.8. The van der Waals surface area contributed by atoms with E-state index in [1.54, 1.807) is 6.08 Å². The van der Waals surface area contributed by atoms with E-state index in [2.05, 4.69) is 11.9 Å².